The van der Waals surface area contributed by atoms with Crippen LogP contribution in [-0.4, -0.2) is 31.7 Å². The van der Waals surface area contributed by atoms with Crippen molar-refractivity contribution in [3.8, 4) is 0 Å². The number of pyridine rings is 1. The lowest BCUT2D eigenvalue weighted by molar-refractivity contribution is -0.145. The molecule has 1 unspecified atom stereocenters. The van der Waals surface area contributed by atoms with Crippen molar-refractivity contribution in [3.63, 3.8) is 0 Å². The third kappa shape index (κ3) is 4.17. The zero-order chi connectivity index (χ0) is 22.9. The van der Waals surface area contributed by atoms with E-state index in [4.69, 9.17) is 10.5 Å². The van der Waals surface area contributed by atoms with Crippen LogP contribution in [-0.2, 0) is 34.1 Å². The number of anilines is 2. The van der Waals surface area contributed by atoms with Gasteiger partial charge in [0.25, 0.3) is 0 Å². The smallest absolute Gasteiger partial charge is 0.313 e. The average Bonchev–Trinajstić information content (AvgIpc) is 3.59. The molecule has 1 aliphatic heterocycles. The molecule has 168 valence electrons. The second-order valence-electron chi connectivity index (χ2n) is 7.64. The van der Waals surface area contributed by atoms with E-state index < -0.39 is 17.9 Å². The first kappa shape index (κ1) is 21.4. The minimum atomic E-state index is -0.757. The van der Waals surface area contributed by atoms with Gasteiger partial charge in [-0.3, -0.25) is 9.59 Å². The molecule has 0 saturated carbocycles. The van der Waals surface area contributed by atoms with Crippen LogP contribution >= 0.6 is 22.7 Å². The zero-order valence-electron chi connectivity index (χ0n) is 17.6. The van der Waals surface area contributed by atoms with Gasteiger partial charge in [0.05, 0.1) is 58.1 Å². The molecule has 11 heteroatoms. The number of hydrogen-bond acceptors (Lipinski definition) is 9. The molecule has 2 amide bonds. The van der Waals surface area contributed by atoms with Crippen molar-refractivity contribution in [1.29, 1.82) is 0 Å². The summed E-state index contributed by atoms with van der Waals surface area (Å²) in [5.74, 6) is -1.06. The number of nitrogens with zero attached hydrogens (tertiary/aromatic N) is 4. The number of nitrogens with two attached hydrogens (primary N) is 1. The van der Waals surface area contributed by atoms with Crippen LogP contribution in [0.15, 0.2) is 40.8 Å². The first-order valence-electron chi connectivity index (χ1n) is 10.2. The summed E-state index contributed by atoms with van der Waals surface area (Å²) in [7, 11) is 0. The van der Waals surface area contributed by atoms with E-state index in [2.05, 4.69) is 20.3 Å². The van der Waals surface area contributed by atoms with Gasteiger partial charge in [-0.2, -0.15) is 0 Å². The molecule has 3 N–H and O–H groups in total. The molecule has 5 rings (SSSR count). The van der Waals surface area contributed by atoms with Crippen LogP contribution in [0.2, 0.25) is 0 Å². The van der Waals surface area contributed by atoms with E-state index in [1.165, 1.54) is 22.4 Å². The summed E-state index contributed by atoms with van der Waals surface area (Å²) in [5.41, 5.74) is 13.8. The minimum absolute atomic E-state index is 0.236. The Bertz CT molecular complexity index is 1340. The molecule has 0 fully saturated rings. The molecular weight excluding hydrogens is 460 g/mol. The predicted molar refractivity (Wildman–Crippen MR) is 126 cm³/mol. The van der Waals surface area contributed by atoms with Crippen molar-refractivity contribution in [2.75, 3.05) is 11.1 Å². The summed E-state index contributed by atoms with van der Waals surface area (Å²) in [6, 6.07) is 5.45. The second kappa shape index (κ2) is 8.85. The van der Waals surface area contributed by atoms with E-state index in [-0.39, 0.29) is 6.54 Å². The maximum Gasteiger partial charge on any atom is 0.313 e. The van der Waals surface area contributed by atoms with Crippen molar-refractivity contribution in [2.45, 2.75) is 32.7 Å². The Hall–Kier alpha value is -3.41. The molecule has 1 aliphatic rings. The Labute approximate surface area is 197 Å². The van der Waals surface area contributed by atoms with E-state index in [9.17, 15) is 9.59 Å². The molecule has 0 aliphatic carbocycles. The van der Waals surface area contributed by atoms with Gasteiger partial charge in [0.1, 0.15) is 5.82 Å². The number of nitrogen functional groups attached to an aromatic ring is 1. The van der Waals surface area contributed by atoms with Gasteiger partial charge in [0, 0.05) is 23.1 Å². The van der Waals surface area contributed by atoms with Crippen molar-refractivity contribution >= 4 is 56.2 Å². The summed E-state index contributed by atoms with van der Waals surface area (Å²) in [4.78, 5) is 40.7. The van der Waals surface area contributed by atoms with Crippen LogP contribution in [0.4, 0.5) is 11.5 Å². The van der Waals surface area contributed by atoms with Gasteiger partial charge in [-0.15, -0.1) is 22.7 Å². The molecule has 9 nitrogen and oxygen atoms in total. The first-order valence-corrected chi connectivity index (χ1v) is 12.0. The number of rotatable bonds is 5. The van der Waals surface area contributed by atoms with E-state index in [1.54, 1.807) is 22.4 Å². The molecule has 33 heavy (non-hydrogen) atoms. The lowest BCUT2D eigenvalue weighted by atomic mass is 10.1. The molecule has 0 radical (unpaired) electrons. The zero-order valence-corrected chi connectivity index (χ0v) is 19.3. The van der Waals surface area contributed by atoms with Crippen molar-refractivity contribution in [2.24, 2.45) is 0 Å². The summed E-state index contributed by atoms with van der Waals surface area (Å²) >= 11 is 2.99. The highest BCUT2D eigenvalue weighted by atomic mass is 32.1. The number of thiazole rings is 2. The topological polar surface area (TPSA) is 123 Å². The van der Waals surface area contributed by atoms with Gasteiger partial charge in [-0.05, 0) is 24.6 Å². The monoisotopic (exact) mass is 480 g/mol. The maximum atomic E-state index is 13.4. The number of hydrogen-bond donors (Lipinski definition) is 2. The number of aromatic nitrogens is 3. The number of fused-ring (bicyclic) bond motifs is 2. The Balaban J connectivity index is 1.42. The van der Waals surface area contributed by atoms with Crippen LogP contribution in [0.25, 0.3) is 10.2 Å². The molecule has 0 bridgehead atoms. The molecule has 1 aromatic carbocycles. The molecule has 0 spiro atoms. The second-order valence-corrected chi connectivity index (χ2v) is 9.24. The van der Waals surface area contributed by atoms with Crippen LogP contribution in [0.3, 0.4) is 0 Å². The number of carbonyl (C=O) groups is 2. The Kier molecular flexibility index (Phi) is 5.75. The Morgan fingerprint density at radius 2 is 2.06 bits per heavy atom. The quantitative estimate of drug-likeness (QED) is 0.419. The normalized spacial score (nSPS) is 13.6. The van der Waals surface area contributed by atoms with Gasteiger partial charge < -0.3 is 20.7 Å². The fourth-order valence-corrected chi connectivity index (χ4v) is 5.07. The summed E-state index contributed by atoms with van der Waals surface area (Å²) in [6.45, 7) is 2.73. The first-order chi connectivity index (χ1) is 16.0. The van der Waals surface area contributed by atoms with Crippen LogP contribution in [0.5, 0.6) is 0 Å². The van der Waals surface area contributed by atoms with Crippen molar-refractivity contribution in [3.05, 3.63) is 63.2 Å². The fraction of sp³-hybridized carbons (Fsp3) is 0.227. The molecular formula is C22H20N6O3S2. The molecule has 1 atom stereocenters. The molecule has 4 heterocycles. The largest absolute Gasteiger partial charge is 0.383 e. The predicted octanol–water partition coefficient (Wildman–Crippen LogP) is 3.49. The van der Waals surface area contributed by atoms with E-state index in [0.717, 1.165) is 32.6 Å². The third-order valence-electron chi connectivity index (χ3n) is 5.62. The fourth-order valence-electron chi connectivity index (χ4n) is 3.77. The highest BCUT2D eigenvalue weighted by molar-refractivity contribution is 7.16. The summed E-state index contributed by atoms with van der Waals surface area (Å²) in [5, 5.41) is 4.58. The van der Waals surface area contributed by atoms with Crippen molar-refractivity contribution < 1.29 is 14.3 Å². The number of benzene rings is 1. The standard InChI is InChI=1S/C22H20N6O3S2/c1-12(18-9-32-10-25-18)28(6-13-2-3-19-16(4-13)26-11-33-19)22(30)21(29)27-17-5-24-20(23)15-8-31-7-14(15)17/h2-5,9-12H,6-8H2,1H3,(H2,23,24)(H,27,29). The molecule has 4 aromatic rings. The highest BCUT2D eigenvalue weighted by Crippen LogP contribution is 2.30. The maximum absolute atomic E-state index is 13.4. The van der Waals surface area contributed by atoms with Gasteiger partial charge >= 0.3 is 11.8 Å². The molecule has 0 saturated heterocycles. The van der Waals surface area contributed by atoms with Gasteiger partial charge in [0.2, 0.25) is 0 Å². The highest BCUT2D eigenvalue weighted by Gasteiger charge is 2.30. The van der Waals surface area contributed by atoms with E-state index >= 15 is 0 Å². The number of carbonyl (C=O) groups excluding carboxylic acids is 2. The number of ether oxygens (including phenoxy) is 1. The Morgan fingerprint density at radius 3 is 2.88 bits per heavy atom. The van der Waals surface area contributed by atoms with Crippen LogP contribution in [0, 0.1) is 0 Å². The van der Waals surface area contributed by atoms with Crippen LogP contribution in [0.1, 0.15) is 35.3 Å². The number of nitrogens with one attached hydrogen (secondary N) is 1. The SMILES string of the molecule is CC(c1cscn1)N(Cc1ccc2scnc2c1)C(=O)C(=O)Nc1cnc(N)c2c1COC2. The minimum Gasteiger partial charge on any atom is -0.383 e. The van der Waals surface area contributed by atoms with E-state index in [1.807, 2.05) is 30.5 Å². The molecule has 3 aromatic heterocycles. The van der Waals surface area contributed by atoms with E-state index in [0.29, 0.717) is 24.7 Å². The average molecular weight is 481 g/mol. The van der Waals surface area contributed by atoms with Gasteiger partial charge in [-0.1, -0.05) is 6.07 Å². The van der Waals surface area contributed by atoms with Gasteiger partial charge in [0.15, 0.2) is 0 Å². The third-order valence-corrected chi connectivity index (χ3v) is 7.04. The lowest BCUT2D eigenvalue weighted by Crippen LogP contribution is -2.41. The van der Waals surface area contributed by atoms with Crippen molar-refractivity contribution in [1.82, 2.24) is 19.9 Å². The van der Waals surface area contributed by atoms with Crippen LogP contribution < -0.4 is 11.1 Å². The lowest BCUT2D eigenvalue weighted by Gasteiger charge is -2.28. The van der Waals surface area contributed by atoms with Gasteiger partial charge in [-0.25, -0.2) is 15.0 Å². The Morgan fingerprint density at radius 1 is 1.21 bits per heavy atom. The summed E-state index contributed by atoms with van der Waals surface area (Å²) < 4.78 is 6.51. The summed E-state index contributed by atoms with van der Waals surface area (Å²) in [6.07, 6.45) is 1.46. The number of amides is 2.